The zero-order chi connectivity index (χ0) is 19.9. The Morgan fingerprint density at radius 1 is 1.00 bits per heavy atom. The van der Waals surface area contributed by atoms with Crippen LogP contribution in [-0.4, -0.2) is 16.0 Å². The summed E-state index contributed by atoms with van der Waals surface area (Å²) in [4.78, 5) is 16.1. The Bertz CT molecular complexity index is 1180. The van der Waals surface area contributed by atoms with Crippen LogP contribution in [0.1, 0.15) is 25.0 Å². The zero-order valence-electron chi connectivity index (χ0n) is 15.7. The lowest BCUT2D eigenvalue weighted by Crippen LogP contribution is -2.39. The molecule has 1 heterocycles. The minimum atomic E-state index is -0.742. The highest BCUT2D eigenvalue weighted by atomic mass is 19.1. The number of hydrogen-bond acceptors (Lipinski definition) is 2. The summed E-state index contributed by atoms with van der Waals surface area (Å²) in [6, 6.07) is 17.3. The third-order valence-electron chi connectivity index (χ3n) is 5.24. The quantitative estimate of drug-likeness (QED) is 0.481. The maximum atomic E-state index is 13.5. The molecular formula is C23H21FN2O2. The van der Waals surface area contributed by atoms with Crippen LogP contribution in [0, 0.1) is 5.82 Å². The Balaban J connectivity index is 1.60. The van der Waals surface area contributed by atoms with Crippen LogP contribution >= 0.6 is 0 Å². The number of aromatic amines is 1. The van der Waals surface area contributed by atoms with Crippen molar-refractivity contribution >= 4 is 27.7 Å². The fraction of sp³-hybridized carbons (Fsp3) is 0.174. The predicted molar refractivity (Wildman–Crippen MR) is 109 cm³/mol. The van der Waals surface area contributed by atoms with Crippen molar-refractivity contribution in [2.24, 2.45) is 0 Å². The molecule has 0 spiro atoms. The Hall–Kier alpha value is -3.34. The molecule has 0 bridgehead atoms. The van der Waals surface area contributed by atoms with E-state index in [2.05, 4.69) is 10.3 Å². The molecule has 0 aliphatic rings. The third kappa shape index (κ3) is 3.20. The summed E-state index contributed by atoms with van der Waals surface area (Å²) in [5, 5.41) is 14.3. The van der Waals surface area contributed by atoms with E-state index in [1.807, 2.05) is 32.0 Å². The van der Waals surface area contributed by atoms with Crippen LogP contribution in [0.3, 0.4) is 0 Å². The van der Waals surface area contributed by atoms with Crippen molar-refractivity contribution in [3.63, 3.8) is 0 Å². The Labute approximate surface area is 162 Å². The molecule has 1 amide bonds. The van der Waals surface area contributed by atoms with Crippen molar-refractivity contribution in [2.75, 3.05) is 0 Å². The molecule has 3 aromatic carbocycles. The number of aromatic hydroxyl groups is 1. The van der Waals surface area contributed by atoms with E-state index >= 15 is 0 Å². The first kappa shape index (κ1) is 18.0. The van der Waals surface area contributed by atoms with Gasteiger partial charge in [0.25, 0.3) is 0 Å². The fourth-order valence-electron chi connectivity index (χ4n) is 3.42. The van der Waals surface area contributed by atoms with Gasteiger partial charge in [-0.05, 0) is 61.4 Å². The van der Waals surface area contributed by atoms with Gasteiger partial charge in [-0.1, -0.05) is 24.3 Å². The van der Waals surface area contributed by atoms with Crippen LogP contribution in [0.2, 0.25) is 0 Å². The summed E-state index contributed by atoms with van der Waals surface area (Å²) in [6.45, 7) is 4.14. The van der Waals surface area contributed by atoms with Gasteiger partial charge in [0.2, 0.25) is 5.91 Å². The van der Waals surface area contributed by atoms with Crippen LogP contribution in [0.4, 0.5) is 4.39 Å². The van der Waals surface area contributed by atoms with E-state index < -0.39 is 5.41 Å². The first-order valence-corrected chi connectivity index (χ1v) is 9.12. The van der Waals surface area contributed by atoms with Gasteiger partial charge in [0.15, 0.2) is 0 Å². The topological polar surface area (TPSA) is 65.1 Å². The van der Waals surface area contributed by atoms with E-state index in [9.17, 15) is 14.3 Å². The number of fused-ring (bicyclic) bond motifs is 3. The smallest absolute Gasteiger partial charge is 0.230 e. The average molecular weight is 376 g/mol. The van der Waals surface area contributed by atoms with Crippen molar-refractivity contribution in [1.29, 1.82) is 0 Å². The number of carbonyl (C=O) groups excluding carboxylic acids is 1. The van der Waals surface area contributed by atoms with Gasteiger partial charge in [0.05, 0.1) is 5.41 Å². The van der Waals surface area contributed by atoms with Gasteiger partial charge < -0.3 is 15.4 Å². The van der Waals surface area contributed by atoms with Crippen LogP contribution < -0.4 is 5.32 Å². The van der Waals surface area contributed by atoms with Crippen LogP contribution in [0.15, 0.2) is 60.7 Å². The molecule has 3 N–H and O–H groups in total. The summed E-state index contributed by atoms with van der Waals surface area (Å²) >= 11 is 0. The number of H-pyrrole nitrogens is 1. The maximum Gasteiger partial charge on any atom is 0.230 e. The molecule has 0 aliphatic carbocycles. The average Bonchev–Trinajstić information content (AvgIpc) is 3.03. The second-order valence-corrected chi connectivity index (χ2v) is 7.55. The molecule has 5 heteroatoms. The maximum absolute atomic E-state index is 13.5. The molecule has 4 aromatic rings. The number of nitrogens with one attached hydrogen (secondary N) is 2. The van der Waals surface area contributed by atoms with Gasteiger partial charge >= 0.3 is 0 Å². The number of phenols is 1. The number of carbonyl (C=O) groups is 1. The Morgan fingerprint density at radius 3 is 2.36 bits per heavy atom. The third-order valence-corrected chi connectivity index (χ3v) is 5.24. The first-order chi connectivity index (χ1) is 13.3. The molecule has 0 saturated carbocycles. The molecule has 0 atom stereocenters. The number of benzene rings is 3. The monoisotopic (exact) mass is 376 g/mol. The summed E-state index contributed by atoms with van der Waals surface area (Å²) in [5.41, 5.74) is 2.65. The summed E-state index contributed by atoms with van der Waals surface area (Å²) in [7, 11) is 0. The van der Waals surface area contributed by atoms with Crippen molar-refractivity contribution in [3.05, 3.63) is 77.6 Å². The normalized spacial score (nSPS) is 11.8. The molecule has 0 saturated heterocycles. The Morgan fingerprint density at radius 2 is 1.64 bits per heavy atom. The summed E-state index contributed by atoms with van der Waals surface area (Å²) in [5.74, 6) is -0.183. The Kier molecular flexibility index (Phi) is 4.30. The summed E-state index contributed by atoms with van der Waals surface area (Å²) < 4.78 is 13.5. The largest absolute Gasteiger partial charge is 0.508 e. The van der Waals surface area contributed by atoms with E-state index in [0.717, 1.165) is 32.9 Å². The molecule has 0 aliphatic heterocycles. The number of rotatable bonds is 4. The second kappa shape index (κ2) is 6.68. The lowest BCUT2D eigenvalue weighted by Gasteiger charge is -2.24. The minimum absolute atomic E-state index is 0.0953. The van der Waals surface area contributed by atoms with Gasteiger partial charge in [0, 0.05) is 28.4 Å². The van der Waals surface area contributed by atoms with E-state index in [0.29, 0.717) is 6.54 Å². The van der Waals surface area contributed by atoms with Crippen molar-refractivity contribution in [2.45, 2.75) is 25.8 Å². The molecule has 142 valence electrons. The predicted octanol–water partition coefficient (Wildman–Crippen LogP) is 4.76. The number of halogens is 1. The van der Waals surface area contributed by atoms with E-state index in [4.69, 9.17) is 0 Å². The number of amides is 1. The molecule has 4 nitrogen and oxygen atoms in total. The SMILES string of the molecule is CC(C)(C(=O)NCc1ccc(O)cc1)c1ccc2c(c1)[nH]c1cc(F)ccc12. The second-order valence-electron chi connectivity index (χ2n) is 7.55. The van der Waals surface area contributed by atoms with E-state index in [1.54, 1.807) is 30.3 Å². The fourth-order valence-corrected chi connectivity index (χ4v) is 3.42. The molecule has 0 radical (unpaired) electrons. The highest BCUT2D eigenvalue weighted by Crippen LogP contribution is 2.31. The molecular weight excluding hydrogens is 355 g/mol. The first-order valence-electron chi connectivity index (χ1n) is 9.12. The lowest BCUT2D eigenvalue weighted by atomic mass is 9.83. The highest BCUT2D eigenvalue weighted by molar-refractivity contribution is 6.07. The molecule has 1 aromatic heterocycles. The number of aromatic nitrogens is 1. The number of phenolic OH excluding ortho intramolecular Hbond substituents is 1. The van der Waals surface area contributed by atoms with Gasteiger partial charge in [-0.15, -0.1) is 0 Å². The standard InChI is InChI=1S/C23H21FN2O2/c1-23(2,22(28)25-13-14-3-7-17(27)8-4-14)15-5-9-18-19-10-6-16(24)12-21(19)26-20(18)11-15/h3-12,26-27H,13H2,1-2H3,(H,25,28). The lowest BCUT2D eigenvalue weighted by molar-refractivity contribution is -0.125. The van der Waals surface area contributed by atoms with Gasteiger partial charge in [-0.3, -0.25) is 4.79 Å². The zero-order valence-corrected chi connectivity index (χ0v) is 15.7. The number of hydrogen-bond donors (Lipinski definition) is 3. The minimum Gasteiger partial charge on any atom is -0.508 e. The van der Waals surface area contributed by atoms with Crippen LogP contribution in [0.5, 0.6) is 5.75 Å². The molecule has 0 fully saturated rings. The van der Waals surface area contributed by atoms with E-state index in [-0.39, 0.29) is 17.5 Å². The van der Waals surface area contributed by atoms with Crippen molar-refractivity contribution in [3.8, 4) is 5.75 Å². The molecule has 0 unspecified atom stereocenters. The van der Waals surface area contributed by atoms with E-state index in [1.165, 1.54) is 12.1 Å². The van der Waals surface area contributed by atoms with Crippen molar-refractivity contribution < 1.29 is 14.3 Å². The van der Waals surface area contributed by atoms with Crippen molar-refractivity contribution in [1.82, 2.24) is 10.3 Å². The van der Waals surface area contributed by atoms with Crippen LogP contribution in [0.25, 0.3) is 21.8 Å². The molecule has 4 rings (SSSR count). The highest BCUT2D eigenvalue weighted by Gasteiger charge is 2.30. The molecule has 28 heavy (non-hydrogen) atoms. The van der Waals surface area contributed by atoms with Crippen LogP contribution in [-0.2, 0) is 16.8 Å². The van der Waals surface area contributed by atoms with Gasteiger partial charge in [-0.2, -0.15) is 0 Å². The van der Waals surface area contributed by atoms with Gasteiger partial charge in [-0.25, -0.2) is 4.39 Å². The van der Waals surface area contributed by atoms with Gasteiger partial charge in [0.1, 0.15) is 11.6 Å². The summed E-state index contributed by atoms with van der Waals surface area (Å²) in [6.07, 6.45) is 0.